The third kappa shape index (κ3) is 2.23. The zero-order chi connectivity index (χ0) is 11.4. The minimum atomic E-state index is -0.0920. The summed E-state index contributed by atoms with van der Waals surface area (Å²) in [5, 5.41) is 11.7. The lowest BCUT2D eigenvalue weighted by atomic mass is 10.3. The molecule has 0 aliphatic carbocycles. The number of carbonyl (C=O) groups is 1. The highest BCUT2D eigenvalue weighted by Gasteiger charge is 2.20. The molecule has 0 bridgehead atoms. The zero-order valence-corrected chi connectivity index (χ0v) is 8.90. The number of furan rings is 1. The van der Waals surface area contributed by atoms with E-state index in [1.165, 1.54) is 0 Å². The van der Waals surface area contributed by atoms with E-state index in [1.54, 1.807) is 17.0 Å². The molecule has 1 aromatic rings. The number of rotatable bonds is 2. The van der Waals surface area contributed by atoms with Crippen LogP contribution in [0.15, 0.2) is 16.5 Å². The number of carbonyl (C=O) groups excluding carboxylic acids is 1. The molecule has 84 valence electrons. The van der Waals surface area contributed by atoms with Crippen molar-refractivity contribution in [3.05, 3.63) is 23.7 Å². The summed E-state index contributed by atoms with van der Waals surface area (Å²) < 4.78 is 5.30. The fraction of sp³-hybridized carbons (Fsp3) is 0.455. The Morgan fingerprint density at radius 1 is 1.50 bits per heavy atom. The lowest BCUT2D eigenvalue weighted by Gasteiger charge is -2.26. The molecule has 1 saturated heterocycles. The second kappa shape index (κ2) is 4.81. The van der Waals surface area contributed by atoms with Crippen LogP contribution in [0.5, 0.6) is 0 Å². The first-order chi connectivity index (χ1) is 7.81. The number of nitrogens with one attached hydrogen (secondary N) is 1. The number of amides is 1. The molecular weight excluding hydrogens is 206 g/mol. The molecule has 1 N–H and O–H groups in total. The normalized spacial score (nSPS) is 15.8. The van der Waals surface area contributed by atoms with Crippen LogP contribution in [0, 0.1) is 11.3 Å². The topological polar surface area (TPSA) is 69.3 Å². The molecule has 0 spiro atoms. The Balaban J connectivity index is 2.05. The Kier molecular flexibility index (Phi) is 3.22. The number of nitriles is 1. The Morgan fingerprint density at radius 3 is 2.94 bits per heavy atom. The van der Waals surface area contributed by atoms with Crippen LogP contribution in [-0.4, -0.2) is 37.0 Å². The molecule has 2 heterocycles. The van der Waals surface area contributed by atoms with Gasteiger partial charge in [-0.3, -0.25) is 4.79 Å². The van der Waals surface area contributed by atoms with Crippen molar-refractivity contribution in [2.45, 2.75) is 6.42 Å². The van der Waals surface area contributed by atoms with E-state index < -0.39 is 0 Å². The van der Waals surface area contributed by atoms with Crippen molar-refractivity contribution in [2.75, 3.05) is 26.2 Å². The highest BCUT2D eigenvalue weighted by atomic mass is 16.4. The standard InChI is InChI=1S/C11H13N3O2/c12-4-3-9-1-2-10(16-9)11(15)14-7-5-13-6-8-14/h1-2,13H,3,5-8H2. The van der Waals surface area contributed by atoms with Gasteiger partial charge in [-0.2, -0.15) is 5.26 Å². The van der Waals surface area contributed by atoms with Crippen molar-refractivity contribution in [3.8, 4) is 6.07 Å². The van der Waals surface area contributed by atoms with E-state index in [1.807, 2.05) is 6.07 Å². The Hall–Kier alpha value is -1.80. The molecular formula is C11H13N3O2. The third-order valence-corrected chi connectivity index (χ3v) is 2.53. The van der Waals surface area contributed by atoms with Gasteiger partial charge in [-0.25, -0.2) is 0 Å². The van der Waals surface area contributed by atoms with Crippen molar-refractivity contribution in [1.29, 1.82) is 5.26 Å². The van der Waals surface area contributed by atoms with E-state index in [0.29, 0.717) is 24.6 Å². The summed E-state index contributed by atoms with van der Waals surface area (Å²) in [7, 11) is 0. The second-order valence-corrected chi connectivity index (χ2v) is 3.64. The molecule has 1 aliphatic rings. The largest absolute Gasteiger partial charge is 0.455 e. The van der Waals surface area contributed by atoms with Crippen LogP contribution < -0.4 is 5.32 Å². The number of hydrogen-bond donors (Lipinski definition) is 1. The molecule has 0 radical (unpaired) electrons. The maximum absolute atomic E-state index is 11.9. The summed E-state index contributed by atoms with van der Waals surface area (Å²) >= 11 is 0. The molecule has 1 aliphatic heterocycles. The minimum Gasteiger partial charge on any atom is -0.455 e. The molecule has 5 nitrogen and oxygen atoms in total. The average molecular weight is 219 g/mol. The van der Waals surface area contributed by atoms with Crippen LogP contribution in [0.2, 0.25) is 0 Å². The van der Waals surface area contributed by atoms with Gasteiger partial charge in [-0.05, 0) is 12.1 Å². The summed E-state index contributed by atoms with van der Waals surface area (Å²) in [5.41, 5.74) is 0. The van der Waals surface area contributed by atoms with Crippen molar-refractivity contribution in [2.24, 2.45) is 0 Å². The Morgan fingerprint density at radius 2 is 2.25 bits per heavy atom. The zero-order valence-electron chi connectivity index (χ0n) is 8.90. The predicted octanol–water partition coefficient (Wildman–Crippen LogP) is 0.391. The SMILES string of the molecule is N#CCc1ccc(C(=O)N2CCNCC2)o1. The van der Waals surface area contributed by atoms with Crippen LogP contribution in [0.4, 0.5) is 0 Å². The molecule has 0 saturated carbocycles. The summed E-state index contributed by atoms with van der Waals surface area (Å²) in [4.78, 5) is 13.7. The van der Waals surface area contributed by atoms with Gasteiger partial charge in [0, 0.05) is 26.2 Å². The lowest BCUT2D eigenvalue weighted by molar-refractivity contribution is 0.0702. The van der Waals surface area contributed by atoms with E-state index >= 15 is 0 Å². The Labute approximate surface area is 93.6 Å². The van der Waals surface area contributed by atoms with Gasteiger partial charge in [0.15, 0.2) is 5.76 Å². The highest BCUT2D eigenvalue weighted by molar-refractivity contribution is 5.91. The first kappa shape index (κ1) is 10.7. The smallest absolute Gasteiger partial charge is 0.289 e. The number of piperazine rings is 1. The van der Waals surface area contributed by atoms with Gasteiger partial charge < -0.3 is 14.6 Å². The van der Waals surface area contributed by atoms with Gasteiger partial charge in [0.2, 0.25) is 0 Å². The summed E-state index contributed by atoms with van der Waals surface area (Å²) in [6.45, 7) is 3.04. The molecule has 5 heteroatoms. The molecule has 0 aromatic carbocycles. The summed E-state index contributed by atoms with van der Waals surface area (Å²) in [6, 6.07) is 5.30. The minimum absolute atomic E-state index is 0.0920. The van der Waals surface area contributed by atoms with Crippen molar-refractivity contribution < 1.29 is 9.21 Å². The van der Waals surface area contributed by atoms with Crippen molar-refractivity contribution in [1.82, 2.24) is 10.2 Å². The maximum Gasteiger partial charge on any atom is 0.289 e. The summed E-state index contributed by atoms with van der Waals surface area (Å²) in [5.74, 6) is 0.777. The van der Waals surface area contributed by atoms with Gasteiger partial charge in [0.1, 0.15) is 5.76 Å². The monoisotopic (exact) mass is 219 g/mol. The Bertz CT molecular complexity index is 413. The van der Waals surface area contributed by atoms with Gasteiger partial charge in [-0.15, -0.1) is 0 Å². The van der Waals surface area contributed by atoms with Crippen molar-refractivity contribution in [3.63, 3.8) is 0 Å². The summed E-state index contributed by atoms with van der Waals surface area (Å²) in [6.07, 6.45) is 0.203. The van der Waals surface area contributed by atoms with Crippen LogP contribution in [0.25, 0.3) is 0 Å². The van der Waals surface area contributed by atoms with E-state index in [0.717, 1.165) is 13.1 Å². The molecule has 1 aromatic heterocycles. The van der Waals surface area contributed by atoms with Gasteiger partial charge in [0.05, 0.1) is 12.5 Å². The maximum atomic E-state index is 11.9. The van der Waals surface area contributed by atoms with Gasteiger partial charge in [0.25, 0.3) is 5.91 Å². The van der Waals surface area contributed by atoms with Gasteiger partial charge in [-0.1, -0.05) is 0 Å². The van der Waals surface area contributed by atoms with Crippen LogP contribution in [0.1, 0.15) is 16.3 Å². The molecule has 2 rings (SSSR count). The fourth-order valence-electron chi connectivity index (χ4n) is 1.69. The molecule has 1 amide bonds. The molecule has 1 fully saturated rings. The van der Waals surface area contributed by atoms with Crippen LogP contribution in [-0.2, 0) is 6.42 Å². The third-order valence-electron chi connectivity index (χ3n) is 2.53. The number of nitrogens with zero attached hydrogens (tertiary/aromatic N) is 2. The molecule has 0 unspecified atom stereocenters. The van der Waals surface area contributed by atoms with E-state index in [-0.39, 0.29) is 12.3 Å². The van der Waals surface area contributed by atoms with Crippen LogP contribution >= 0.6 is 0 Å². The number of hydrogen-bond acceptors (Lipinski definition) is 4. The predicted molar refractivity (Wildman–Crippen MR) is 56.8 cm³/mol. The van der Waals surface area contributed by atoms with Crippen LogP contribution in [0.3, 0.4) is 0 Å². The molecule has 0 atom stereocenters. The molecule has 16 heavy (non-hydrogen) atoms. The van der Waals surface area contributed by atoms with Crippen molar-refractivity contribution >= 4 is 5.91 Å². The second-order valence-electron chi connectivity index (χ2n) is 3.64. The van der Waals surface area contributed by atoms with E-state index in [2.05, 4.69) is 5.32 Å². The first-order valence-electron chi connectivity index (χ1n) is 5.27. The quantitative estimate of drug-likeness (QED) is 0.781. The lowest BCUT2D eigenvalue weighted by Crippen LogP contribution is -2.46. The fourth-order valence-corrected chi connectivity index (χ4v) is 1.69. The first-order valence-corrected chi connectivity index (χ1v) is 5.27. The van der Waals surface area contributed by atoms with Gasteiger partial charge >= 0.3 is 0 Å². The highest BCUT2D eigenvalue weighted by Crippen LogP contribution is 2.11. The average Bonchev–Trinajstić information content (AvgIpc) is 2.78. The van der Waals surface area contributed by atoms with E-state index in [9.17, 15) is 4.79 Å². The van der Waals surface area contributed by atoms with E-state index in [4.69, 9.17) is 9.68 Å².